The summed E-state index contributed by atoms with van der Waals surface area (Å²) >= 11 is 0. The molecule has 0 aromatic heterocycles. The summed E-state index contributed by atoms with van der Waals surface area (Å²) in [6.07, 6.45) is -0.368. The summed E-state index contributed by atoms with van der Waals surface area (Å²) in [7, 11) is 1.30. The zero-order valence-electron chi connectivity index (χ0n) is 18.6. The minimum atomic E-state index is -0.848. The molecule has 2 rings (SSSR count). The van der Waals surface area contributed by atoms with E-state index >= 15 is 0 Å². The molecule has 6 heteroatoms. The minimum Gasteiger partial charge on any atom is -0.489 e. The van der Waals surface area contributed by atoms with Crippen LogP contribution in [-0.2, 0) is 27.3 Å². The number of amides is 1. The Morgan fingerprint density at radius 3 is 2.27 bits per heavy atom. The van der Waals surface area contributed by atoms with E-state index < -0.39 is 23.7 Å². The first kappa shape index (κ1) is 23.3. The first-order chi connectivity index (χ1) is 14.1. The van der Waals surface area contributed by atoms with Crippen LogP contribution in [0.4, 0.5) is 4.79 Å². The van der Waals surface area contributed by atoms with E-state index in [-0.39, 0.29) is 6.42 Å². The minimum absolute atomic E-state index is 0.289. The van der Waals surface area contributed by atoms with Gasteiger partial charge in [0.15, 0.2) is 0 Å². The summed E-state index contributed by atoms with van der Waals surface area (Å²) in [4.78, 5) is 24.4. The number of esters is 1. The molecular weight excluding hydrogens is 382 g/mol. The van der Waals surface area contributed by atoms with Crippen molar-refractivity contribution in [3.8, 4) is 5.75 Å². The molecule has 6 nitrogen and oxygen atoms in total. The van der Waals surface area contributed by atoms with Crippen molar-refractivity contribution < 1.29 is 23.8 Å². The average Bonchev–Trinajstić information content (AvgIpc) is 2.69. The fourth-order valence-corrected chi connectivity index (χ4v) is 2.97. The highest BCUT2D eigenvalue weighted by Gasteiger charge is 2.26. The maximum Gasteiger partial charge on any atom is 0.408 e. The molecule has 0 aliphatic rings. The number of hydrogen-bond donors (Lipinski definition) is 1. The third-order valence-electron chi connectivity index (χ3n) is 4.69. The fourth-order valence-electron chi connectivity index (χ4n) is 2.97. The molecule has 30 heavy (non-hydrogen) atoms. The predicted molar refractivity (Wildman–Crippen MR) is 116 cm³/mol. The second-order valence-electron chi connectivity index (χ2n) is 8.17. The van der Waals surface area contributed by atoms with Crippen LogP contribution in [0.5, 0.6) is 5.75 Å². The number of rotatable bonds is 7. The number of alkyl carbamates (subject to hydrolysis) is 1. The number of carbonyl (C=O) groups is 2. The zero-order valence-corrected chi connectivity index (χ0v) is 18.6. The van der Waals surface area contributed by atoms with Gasteiger partial charge in [-0.1, -0.05) is 36.4 Å². The zero-order chi connectivity index (χ0) is 22.3. The standard InChI is InChI=1S/C24H31NO5/c1-16-17(2)21(29-15-18-10-8-7-9-11-18)13-12-19(16)14-20(22(26)28-6)25-23(27)30-24(3,4)5/h7-13,20H,14-15H2,1-6H3,(H,25,27)/t20-/m0/s1. The van der Waals surface area contributed by atoms with E-state index in [1.165, 1.54) is 7.11 Å². The van der Waals surface area contributed by atoms with Crippen LogP contribution in [-0.4, -0.2) is 30.8 Å². The van der Waals surface area contributed by atoms with Crippen LogP contribution in [0.3, 0.4) is 0 Å². The SMILES string of the molecule is COC(=O)[C@H](Cc1ccc(OCc2ccccc2)c(C)c1C)NC(=O)OC(C)(C)C. The highest BCUT2D eigenvalue weighted by molar-refractivity contribution is 5.81. The van der Waals surface area contributed by atoms with Crippen LogP contribution in [0.1, 0.15) is 43.0 Å². The molecule has 0 spiro atoms. The summed E-state index contributed by atoms with van der Waals surface area (Å²) in [5.74, 6) is 0.261. The second kappa shape index (κ2) is 10.1. The normalized spacial score (nSPS) is 12.1. The van der Waals surface area contributed by atoms with Gasteiger partial charge in [-0.15, -0.1) is 0 Å². The lowest BCUT2D eigenvalue weighted by Crippen LogP contribution is -2.45. The van der Waals surface area contributed by atoms with Gasteiger partial charge in [-0.3, -0.25) is 0 Å². The molecule has 0 unspecified atom stereocenters. The van der Waals surface area contributed by atoms with E-state index in [0.717, 1.165) is 28.0 Å². The molecule has 162 valence electrons. The molecule has 0 heterocycles. The third kappa shape index (κ3) is 6.79. The van der Waals surface area contributed by atoms with Crippen molar-refractivity contribution in [3.05, 3.63) is 64.7 Å². The first-order valence-corrected chi connectivity index (χ1v) is 9.94. The van der Waals surface area contributed by atoms with E-state index in [9.17, 15) is 9.59 Å². The molecule has 2 aromatic rings. The van der Waals surface area contributed by atoms with Crippen LogP contribution in [0.15, 0.2) is 42.5 Å². The Labute approximate surface area is 178 Å². The van der Waals surface area contributed by atoms with Gasteiger partial charge in [-0.2, -0.15) is 0 Å². The summed E-state index contributed by atoms with van der Waals surface area (Å²) < 4.78 is 16.1. The Hall–Kier alpha value is -3.02. The van der Waals surface area contributed by atoms with Crippen molar-refractivity contribution in [1.82, 2.24) is 5.32 Å². The summed E-state index contributed by atoms with van der Waals surface area (Å²) in [5.41, 5.74) is 3.34. The molecule has 0 aliphatic carbocycles. The Morgan fingerprint density at radius 1 is 1.00 bits per heavy atom. The smallest absolute Gasteiger partial charge is 0.408 e. The molecule has 0 aliphatic heterocycles. The maximum absolute atomic E-state index is 12.2. The van der Waals surface area contributed by atoms with Gasteiger partial charge in [0.25, 0.3) is 0 Å². The van der Waals surface area contributed by atoms with Crippen LogP contribution in [0, 0.1) is 13.8 Å². The molecule has 0 fully saturated rings. The topological polar surface area (TPSA) is 73.9 Å². The molecule has 1 atom stereocenters. The Morgan fingerprint density at radius 2 is 1.67 bits per heavy atom. The molecular formula is C24H31NO5. The molecule has 0 bridgehead atoms. The van der Waals surface area contributed by atoms with Gasteiger partial charge < -0.3 is 19.5 Å². The number of ether oxygens (including phenoxy) is 3. The number of carbonyl (C=O) groups excluding carboxylic acids is 2. The largest absolute Gasteiger partial charge is 0.489 e. The molecule has 0 saturated carbocycles. The van der Waals surface area contributed by atoms with Gasteiger partial charge in [0.2, 0.25) is 0 Å². The van der Waals surface area contributed by atoms with Crippen molar-refractivity contribution in [2.75, 3.05) is 7.11 Å². The van der Waals surface area contributed by atoms with Gasteiger partial charge >= 0.3 is 12.1 Å². The summed E-state index contributed by atoms with van der Waals surface area (Å²) in [5, 5.41) is 2.61. The van der Waals surface area contributed by atoms with E-state index in [1.807, 2.05) is 56.3 Å². The Bertz CT molecular complexity index is 871. The molecule has 0 saturated heterocycles. The lowest BCUT2D eigenvalue weighted by Gasteiger charge is -2.23. The number of hydrogen-bond acceptors (Lipinski definition) is 5. The van der Waals surface area contributed by atoms with Gasteiger partial charge in [0, 0.05) is 6.42 Å². The number of methoxy groups -OCH3 is 1. The van der Waals surface area contributed by atoms with E-state index in [4.69, 9.17) is 14.2 Å². The van der Waals surface area contributed by atoms with Crippen molar-refractivity contribution in [2.24, 2.45) is 0 Å². The Balaban J connectivity index is 2.13. The first-order valence-electron chi connectivity index (χ1n) is 9.94. The molecule has 1 N–H and O–H groups in total. The van der Waals surface area contributed by atoms with Crippen LogP contribution in [0.25, 0.3) is 0 Å². The van der Waals surface area contributed by atoms with Crippen molar-refractivity contribution in [1.29, 1.82) is 0 Å². The van der Waals surface area contributed by atoms with E-state index in [1.54, 1.807) is 20.8 Å². The summed E-state index contributed by atoms with van der Waals surface area (Å²) in [6.45, 7) is 9.73. The highest BCUT2D eigenvalue weighted by Crippen LogP contribution is 2.26. The maximum atomic E-state index is 12.2. The van der Waals surface area contributed by atoms with Crippen molar-refractivity contribution in [2.45, 2.75) is 59.3 Å². The second-order valence-corrected chi connectivity index (χ2v) is 8.17. The molecule has 2 aromatic carbocycles. The third-order valence-corrected chi connectivity index (χ3v) is 4.69. The van der Waals surface area contributed by atoms with Crippen LogP contribution >= 0.6 is 0 Å². The van der Waals surface area contributed by atoms with Crippen molar-refractivity contribution in [3.63, 3.8) is 0 Å². The fraction of sp³-hybridized carbons (Fsp3) is 0.417. The van der Waals surface area contributed by atoms with Gasteiger partial charge in [0.1, 0.15) is 24.0 Å². The van der Waals surface area contributed by atoms with Crippen molar-refractivity contribution >= 4 is 12.1 Å². The Kier molecular flexibility index (Phi) is 7.86. The lowest BCUT2D eigenvalue weighted by molar-refractivity contribution is -0.143. The summed E-state index contributed by atoms with van der Waals surface area (Å²) in [6, 6.07) is 12.9. The van der Waals surface area contributed by atoms with Crippen LogP contribution in [0.2, 0.25) is 0 Å². The number of nitrogens with one attached hydrogen (secondary N) is 1. The van der Waals surface area contributed by atoms with Gasteiger partial charge in [-0.05, 0) is 62.9 Å². The average molecular weight is 414 g/mol. The van der Waals surface area contributed by atoms with Gasteiger partial charge in [-0.25, -0.2) is 9.59 Å². The highest BCUT2D eigenvalue weighted by atomic mass is 16.6. The van der Waals surface area contributed by atoms with Gasteiger partial charge in [0.05, 0.1) is 7.11 Å². The monoisotopic (exact) mass is 413 g/mol. The quantitative estimate of drug-likeness (QED) is 0.677. The lowest BCUT2D eigenvalue weighted by atomic mass is 9.97. The molecule has 0 radical (unpaired) electrons. The van der Waals surface area contributed by atoms with E-state index in [0.29, 0.717) is 6.61 Å². The number of benzene rings is 2. The molecule has 1 amide bonds. The van der Waals surface area contributed by atoms with Crippen LogP contribution < -0.4 is 10.1 Å². The predicted octanol–water partition coefficient (Wildman–Crippen LogP) is 4.49. The van der Waals surface area contributed by atoms with E-state index in [2.05, 4.69) is 5.32 Å².